The fourth-order valence-electron chi connectivity index (χ4n) is 9.07. The number of hydrogen-bond donors (Lipinski definition) is 0. The molecule has 0 saturated carbocycles. The molecule has 0 amide bonds. The van der Waals surface area contributed by atoms with Gasteiger partial charge in [0.1, 0.15) is 13.2 Å². The minimum absolute atomic E-state index is 0.0777. The van der Waals surface area contributed by atoms with Crippen LogP contribution in [0.1, 0.15) is 310 Å². The Kier molecular flexibility index (Phi) is 60.8. The lowest BCUT2D eigenvalue weighted by Gasteiger charge is -2.18. The third-order valence-electron chi connectivity index (χ3n) is 13.8. The standard InChI is InChI=1S/C70H120O6/c1-4-7-10-13-16-18-20-22-24-26-27-28-29-30-31-32-33-34-35-36-37-38-39-40-41-42-43-45-46-48-50-52-54-57-60-63-69(72)75-66-67(65-74-68(71)62-59-56-15-12-9-6-3)76-70(73)64-61-58-55-53-51-49-47-44-25-23-21-19-17-14-11-8-5-2/h7-8,10-11,16-19,22-25,27-28,30-31,67H,4-6,9,12-15,20-21,26,29,32-66H2,1-3H3/b10-7-,11-8-,18-16-,19-17-,24-22-,25-23-,28-27-,31-30-. The van der Waals surface area contributed by atoms with E-state index in [1.165, 1.54) is 154 Å². The van der Waals surface area contributed by atoms with Crippen molar-refractivity contribution >= 4 is 17.9 Å². The predicted molar refractivity (Wildman–Crippen MR) is 330 cm³/mol. The van der Waals surface area contributed by atoms with E-state index in [9.17, 15) is 14.4 Å². The van der Waals surface area contributed by atoms with Gasteiger partial charge in [-0.1, -0.05) is 291 Å². The highest BCUT2D eigenvalue weighted by Gasteiger charge is 2.19. The highest BCUT2D eigenvalue weighted by atomic mass is 16.6. The smallest absolute Gasteiger partial charge is 0.306 e. The molecule has 0 heterocycles. The van der Waals surface area contributed by atoms with Gasteiger partial charge in [-0.05, 0) is 96.3 Å². The summed E-state index contributed by atoms with van der Waals surface area (Å²) in [4.78, 5) is 38.0. The highest BCUT2D eigenvalue weighted by molar-refractivity contribution is 5.71. The van der Waals surface area contributed by atoms with E-state index in [1.807, 2.05) is 0 Å². The van der Waals surface area contributed by atoms with Gasteiger partial charge in [0.05, 0.1) is 0 Å². The van der Waals surface area contributed by atoms with Crippen LogP contribution in [-0.2, 0) is 28.6 Å². The van der Waals surface area contributed by atoms with Gasteiger partial charge < -0.3 is 14.2 Å². The maximum atomic E-state index is 12.8. The van der Waals surface area contributed by atoms with Crippen molar-refractivity contribution in [3.63, 3.8) is 0 Å². The lowest BCUT2D eigenvalue weighted by atomic mass is 10.0. The van der Waals surface area contributed by atoms with Gasteiger partial charge in [0.2, 0.25) is 0 Å². The summed E-state index contributed by atoms with van der Waals surface area (Å²) >= 11 is 0. The van der Waals surface area contributed by atoms with Crippen molar-refractivity contribution < 1.29 is 28.6 Å². The first-order valence-electron chi connectivity index (χ1n) is 32.2. The zero-order valence-corrected chi connectivity index (χ0v) is 50.0. The third-order valence-corrected chi connectivity index (χ3v) is 13.8. The van der Waals surface area contributed by atoms with Gasteiger partial charge in [-0.2, -0.15) is 0 Å². The summed E-state index contributed by atoms with van der Waals surface area (Å²) in [5, 5.41) is 0. The molecule has 0 radical (unpaired) electrons. The second-order valence-electron chi connectivity index (χ2n) is 21.3. The molecule has 6 nitrogen and oxygen atoms in total. The van der Waals surface area contributed by atoms with Crippen LogP contribution in [-0.4, -0.2) is 37.2 Å². The Hall–Kier alpha value is -3.67. The molecule has 0 spiro atoms. The average Bonchev–Trinajstić information content (AvgIpc) is 3.42. The molecule has 0 rings (SSSR count). The summed E-state index contributed by atoms with van der Waals surface area (Å²) in [5.41, 5.74) is 0. The van der Waals surface area contributed by atoms with Gasteiger partial charge in [0.25, 0.3) is 0 Å². The number of hydrogen-bond acceptors (Lipinski definition) is 6. The van der Waals surface area contributed by atoms with Crippen molar-refractivity contribution in [1.29, 1.82) is 0 Å². The number of ether oxygens (including phenoxy) is 3. The van der Waals surface area contributed by atoms with Crippen LogP contribution < -0.4 is 0 Å². The molecule has 6 heteroatoms. The first-order chi connectivity index (χ1) is 37.5. The Morgan fingerprint density at radius 1 is 0.276 bits per heavy atom. The molecule has 0 aromatic rings. The zero-order valence-electron chi connectivity index (χ0n) is 50.0. The summed E-state index contributed by atoms with van der Waals surface area (Å²) in [5.74, 6) is -0.888. The SMILES string of the molecule is CC/C=C\C/C=C\C/C=C\C/C=C\C/C=C\CCCCCCCCCCCCCCCCCCCCCC(=O)OCC(COC(=O)CCCCCCCC)OC(=O)CCCCCCCCC/C=C\C/C=C\C/C=C\CC. The van der Waals surface area contributed by atoms with E-state index < -0.39 is 6.10 Å². The Morgan fingerprint density at radius 3 is 0.803 bits per heavy atom. The summed E-state index contributed by atoms with van der Waals surface area (Å²) < 4.78 is 16.8. The van der Waals surface area contributed by atoms with Gasteiger partial charge in [-0.15, -0.1) is 0 Å². The largest absolute Gasteiger partial charge is 0.462 e. The van der Waals surface area contributed by atoms with Gasteiger partial charge >= 0.3 is 17.9 Å². The van der Waals surface area contributed by atoms with Crippen LogP contribution in [0.2, 0.25) is 0 Å². The van der Waals surface area contributed by atoms with E-state index in [2.05, 4.69) is 118 Å². The van der Waals surface area contributed by atoms with Crippen molar-refractivity contribution in [2.24, 2.45) is 0 Å². The summed E-state index contributed by atoms with van der Waals surface area (Å²) in [7, 11) is 0. The fraction of sp³-hybridized carbons (Fsp3) is 0.729. The molecule has 0 aliphatic carbocycles. The molecule has 76 heavy (non-hydrogen) atoms. The second kappa shape index (κ2) is 63.9. The average molecular weight is 1060 g/mol. The molecule has 0 bridgehead atoms. The number of esters is 3. The molecule has 0 N–H and O–H groups in total. The Labute approximate surface area is 470 Å². The monoisotopic (exact) mass is 1060 g/mol. The van der Waals surface area contributed by atoms with Gasteiger partial charge in [-0.3, -0.25) is 14.4 Å². The summed E-state index contributed by atoms with van der Waals surface area (Å²) in [6.07, 6.45) is 86.1. The first-order valence-corrected chi connectivity index (χ1v) is 32.2. The molecular weight excluding hydrogens is 937 g/mol. The first kappa shape index (κ1) is 72.3. The number of allylic oxidation sites excluding steroid dienone is 16. The predicted octanol–water partition coefficient (Wildman–Crippen LogP) is 22.0. The van der Waals surface area contributed by atoms with Crippen LogP contribution in [0.5, 0.6) is 0 Å². The van der Waals surface area contributed by atoms with E-state index >= 15 is 0 Å². The quantitative estimate of drug-likeness (QED) is 0.0261. The van der Waals surface area contributed by atoms with Crippen LogP contribution in [0.25, 0.3) is 0 Å². The molecule has 0 fully saturated rings. The van der Waals surface area contributed by atoms with Crippen LogP contribution >= 0.6 is 0 Å². The highest BCUT2D eigenvalue weighted by Crippen LogP contribution is 2.17. The number of carbonyl (C=O) groups is 3. The minimum Gasteiger partial charge on any atom is -0.462 e. The van der Waals surface area contributed by atoms with Crippen LogP contribution in [0.4, 0.5) is 0 Å². The molecule has 0 aromatic heterocycles. The molecular formula is C70H120O6. The maximum absolute atomic E-state index is 12.8. The Morgan fingerprint density at radius 2 is 0.513 bits per heavy atom. The zero-order chi connectivity index (χ0) is 55.0. The Bertz CT molecular complexity index is 1490. The summed E-state index contributed by atoms with van der Waals surface area (Å²) in [6.45, 7) is 6.37. The van der Waals surface area contributed by atoms with E-state index in [1.54, 1.807) is 0 Å². The van der Waals surface area contributed by atoms with Crippen molar-refractivity contribution in [3.05, 3.63) is 97.2 Å². The second-order valence-corrected chi connectivity index (χ2v) is 21.3. The van der Waals surface area contributed by atoms with E-state index in [-0.39, 0.29) is 31.1 Å². The van der Waals surface area contributed by atoms with Crippen molar-refractivity contribution in [2.45, 2.75) is 316 Å². The topological polar surface area (TPSA) is 78.9 Å². The molecule has 0 aliphatic rings. The molecule has 1 atom stereocenters. The minimum atomic E-state index is -0.777. The lowest BCUT2D eigenvalue weighted by Crippen LogP contribution is -2.30. The molecule has 0 saturated heterocycles. The maximum Gasteiger partial charge on any atom is 0.306 e. The van der Waals surface area contributed by atoms with E-state index in [0.29, 0.717) is 19.3 Å². The normalized spacial score (nSPS) is 12.7. The van der Waals surface area contributed by atoms with Crippen molar-refractivity contribution in [1.82, 2.24) is 0 Å². The lowest BCUT2D eigenvalue weighted by molar-refractivity contribution is -0.167. The fourth-order valence-corrected chi connectivity index (χ4v) is 9.07. The molecule has 1 unspecified atom stereocenters. The summed E-state index contributed by atoms with van der Waals surface area (Å²) in [6, 6.07) is 0. The van der Waals surface area contributed by atoms with Crippen LogP contribution in [0.3, 0.4) is 0 Å². The molecule has 436 valence electrons. The number of rotatable bonds is 58. The van der Waals surface area contributed by atoms with Crippen molar-refractivity contribution in [2.75, 3.05) is 13.2 Å². The van der Waals surface area contributed by atoms with E-state index in [0.717, 1.165) is 116 Å². The van der Waals surface area contributed by atoms with E-state index in [4.69, 9.17) is 14.2 Å². The molecule has 0 aliphatic heterocycles. The third kappa shape index (κ3) is 61.2. The Balaban J connectivity index is 3.96. The van der Waals surface area contributed by atoms with Gasteiger partial charge in [0.15, 0.2) is 6.10 Å². The molecule has 0 aromatic carbocycles. The van der Waals surface area contributed by atoms with Crippen molar-refractivity contribution in [3.8, 4) is 0 Å². The van der Waals surface area contributed by atoms with Crippen LogP contribution in [0, 0.1) is 0 Å². The van der Waals surface area contributed by atoms with Crippen LogP contribution in [0.15, 0.2) is 97.2 Å². The number of carbonyl (C=O) groups excluding carboxylic acids is 3. The van der Waals surface area contributed by atoms with Gasteiger partial charge in [0, 0.05) is 19.3 Å². The number of unbranched alkanes of at least 4 members (excludes halogenated alkanes) is 31. The van der Waals surface area contributed by atoms with Gasteiger partial charge in [-0.25, -0.2) is 0 Å².